The molecule has 0 aliphatic rings. The van der Waals surface area contributed by atoms with E-state index in [4.69, 9.17) is 4.74 Å². The molecule has 1 aromatic rings. The van der Waals surface area contributed by atoms with Crippen LogP contribution in [0.15, 0.2) is 24.3 Å². The molecule has 0 heterocycles. The minimum Gasteiger partial charge on any atom is -0.385 e. The van der Waals surface area contributed by atoms with Crippen molar-refractivity contribution in [3.05, 3.63) is 35.4 Å². The number of rotatable bonds is 7. The molecule has 0 aliphatic carbocycles. The summed E-state index contributed by atoms with van der Waals surface area (Å²) in [4.78, 5) is 0. The average molecular weight is 207 g/mol. The highest BCUT2D eigenvalue weighted by Gasteiger charge is 1.98. The summed E-state index contributed by atoms with van der Waals surface area (Å²) in [7, 11) is 1.74. The van der Waals surface area contributed by atoms with Gasteiger partial charge in [0.05, 0.1) is 0 Å². The van der Waals surface area contributed by atoms with Gasteiger partial charge in [-0.2, -0.15) is 0 Å². The van der Waals surface area contributed by atoms with Crippen LogP contribution >= 0.6 is 0 Å². The van der Waals surface area contributed by atoms with Crippen LogP contribution in [-0.2, 0) is 17.7 Å². The normalized spacial score (nSPS) is 10.5. The van der Waals surface area contributed by atoms with Gasteiger partial charge in [-0.05, 0) is 30.5 Å². The number of hydrogen-bond acceptors (Lipinski definition) is 2. The van der Waals surface area contributed by atoms with Crippen molar-refractivity contribution in [2.75, 3.05) is 20.3 Å². The second-order valence-electron chi connectivity index (χ2n) is 3.65. The zero-order valence-corrected chi connectivity index (χ0v) is 9.75. The molecular formula is C13H21NO. The summed E-state index contributed by atoms with van der Waals surface area (Å²) in [6.07, 6.45) is 2.18. The Hall–Kier alpha value is -0.860. The lowest BCUT2D eigenvalue weighted by molar-refractivity contribution is 0.194. The van der Waals surface area contributed by atoms with E-state index in [9.17, 15) is 0 Å². The van der Waals surface area contributed by atoms with Crippen LogP contribution in [0.4, 0.5) is 0 Å². The SMILES string of the molecule is CCc1ccccc1CNCCCOC. The van der Waals surface area contributed by atoms with Gasteiger partial charge in [-0.15, -0.1) is 0 Å². The maximum absolute atomic E-state index is 5.00. The molecule has 0 saturated carbocycles. The van der Waals surface area contributed by atoms with E-state index in [0.717, 1.165) is 32.5 Å². The summed E-state index contributed by atoms with van der Waals surface area (Å²) < 4.78 is 5.00. The molecule has 2 heteroatoms. The Bertz CT molecular complexity index is 273. The molecule has 84 valence electrons. The van der Waals surface area contributed by atoms with Crippen LogP contribution in [0, 0.1) is 0 Å². The molecule has 0 amide bonds. The Morgan fingerprint density at radius 3 is 2.60 bits per heavy atom. The van der Waals surface area contributed by atoms with Crippen LogP contribution in [0.3, 0.4) is 0 Å². The minimum atomic E-state index is 0.836. The Kier molecular flexibility index (Phi) is 6.05. The highest BCUT2D eigenvalue weighted by Crippen LogP contribution is 2.08. The second kappa shape index (κ2) is 7.43. The third-order valence-electron chi connectivity index (χ3n) is 2.52. The van der Waals surface area contributed by atoms with Gasteiger partial charge in [0.15, 0.2) is 0 Å². The lowest BCUT2D eigenvalue weighted by Crippen LogP contribution is -2.17. The maximum Gasteiger partial charge on any atom is 0.0474 e. The highest BCUT2D eigenvalue weighted by atomic mass is 16.5. The van der Waals surface area contributed by atoms with Crippen LogP contribution in [0.25, 0.3) is 0 Å². The second-order valence-corrected chi connectivity index (χ2v) is 3.65. The van der Waals surface area contributed by atoms with E-state index in [1.807, 2.05) is 0 Å². The molecule has 0 bridgehead atoms. The van der Waals surface area contributed by atoms with Crippen LogP contribution in [0.5, 0.6) is 0 Å². The molecule has 0 aliphatic heterocycles. The number of aryl methyl sites for hydroxylation is 1. The van der Waals surface area contributed by atoms with Gasteiger partial charge in [-0.25, -0.2) is 0 Å². The van der Waals surface area contributed by atoms with E-state index in [-0.39, 0.29) is 0 Å². The van der Waals surface area contributed by atoms with Crippen LogP contribution in [0.2, 0.25) is 0 Å². The Labute approximate surface area is 92.6 Å². The summed E-state index contributed by atoms with van der Waals surface area (Å²) in [6.45, 7) is 5.02. The van der Waals surface area contributed by atoms with Gasteiger partial charge in [0.1, 0.15) is 0 Å². The summed E-state index contributed by atoms with van der Waals surface area (Å²) in [5, 5.41) is 3.43. The van der Waals surface area contributed by atoms with Crippen LogP contribution in [0.1, 0.15) is 24.5 Å². The first-order chi connectivity index (χ1) is 7.38. The predicted octanol–water partition coefficient (Wildman–Crippen LogP) is 2.38. The van der Waals surface area contributed by atoms with Gasteiger partial charge in [-0.3, -0.25) is 0 Å². The Morgan fingerprint density at radius 2 is 1.93 bits per heavy atom. The van der Waals surface area contributed by atoms with Gasteiger partial charge < -0.3 is 10.1 Å². The summed E-state index contributed by atoms with van der Waals surface area (Å²) >= 11 is 0. The van der Waals surface area contributed by atoms with Crippen LogP contribution in [-0.4, -0.2) is 20.3 Å². The van der Waals surface area contributed by atoms with Gasteiger partial charge in [0.25, 0.3) is 0 Å². The molecule has 0 atom stereocenters. The smallest absolute Gasteiger partial charge is 0.0474 e. The van der Waals surface area contributed by atoms with Gasteiger partial charge >= 0.3 is 0 Å². The average Bonchev–Trinajstić information content (AvgIpc) is 2.29. The minimum absolute atomic E-state index is 0.836. The summed E-state index contributed by atoms with van der Waals surface area (Å²) in [5.74, 6) is 0. The molecule has 1 rings (SSSR count). The Balaban J connectivity index is 2.30. The maximum atomic E-state index is 5.00. The van der Waals surface area contributed by atoms with Gasteiger partial charge in [-0.1, -0.05) is 31.2 Å². The standard InChI is InChI=1S/C13H21NO/c1-3-12-7-4-5-8-13(12)11-14-9-6-10-15-2/h4-5,7-8,14H,3,6,9-11H2,1-2H3. The molecule has 0 fully saturated rings. The van der Waals surface area contributed by atoms with E-state index in [1.54, 1.807) is 7.11 Å². The molecule has 1 N–H and O–H groups in total. The molecule has 0 saturated heterocycles. The van der Waals surface area contributed by atoms with Crippen molar-refractivity contribution in [3.63, 3.8) is 0 Å². The van der Waals surface area contributed by atoms with E-state index < -0.39 is 0 Å². The lowest BCUT2D eigenvalue weighted by atomic mass is 10.1. The van der Waals surface area contributed by atoms with E-state index in [1.165, 1.54) is 11.1 Å². The molecule has 15 heavy (non-hydrogen) atoms. The fourth-order valence-corrected chi connectivity index (χ4v) is 1.64. The molecule has 0 unspecified atom stereocenters. The zero-order chi connectivity index (χ0) is 10.9. The number of hydrogen-bond donors (Lipinski definition) is 1. The first-order valence-electron chi connectivity index (χ1n) is 5.65. The highest BCUT2D eigenvalue weighted by molar-refractivity contribution is 5.26. The van der Waals surface area contributed by atoms with Gasteiger partial charge in [0, 0.05) is 20.3 Å². The number of methoxy groups -OCH3 is 1. The number of nitrogens with one attached hydrogen (secondary N) is 1. The van der Waals surface area contributed by atoms with Crippen molar-refractivity contribution in [2.24, 2.45) is 0 Å². The van der Waals surface area contributed by atoms with Crippen molar-refractivity contribution < 1.29 is 4.74 Å². The van der Waals surface area contributed by atoms with E-state index in [2.05, 4.69) is 36.5 Å². The Morgan fingerprint density at radius 1 is 1.20 bits per heavy atom. The molecule has 2 nitrogen and oxygen atoms in total. The topological polar surface area (TPSA) is 21.3 Å². The van der Waals surface area contributed by atoms with Crippen LogP contribution < -0.4 is 5.32 Å². The summed E-state index contributed by atoms with van der Waals surface area (Å²) in [5.41, 5.74) is 2.86. The van der Waals surface area contributed by atoms with Crippen molar-refractivity contribution in [3.8, 4) is 0 Å². The molecule has 0 aromatic heterocycles. The molecular weight excluding hydrogens is 186 g/mol. The third kappa shape index (κ3) is 4.45. The fraction of sp³-hybridized carbons (Fsp3) is 0.538. The van der Waals surface area contributed by atoms with E-state index >= 15 is 0 Å². The van der Waals surface area contributed by atoms with Crippen molar-refractivity contribution in [2.45, 2.75) is 26.3 Å². The number of benzene rings is 1. The number of ether oxygens (including phenoxy) is 1. The monoisotopic (exact) mass is 207 g/mol. The lowest BCUT2D eigenvalue weighted by Gasteiger charge is -2.08. The predicted molar refractivity (Wildman–Crippen MR) is 64.0 cm³/mol. The quantitative estimate of drug-likeness (QED) is 0.693. The first-order valence-corrected chi connectivity index (χ1v) is 5.65. The molecule has 0 spiro atoms. The zero-order valence-electron chi connectivity index (χ0n) is 9.75. The van der Waals surface area contributed by atoms with Crippen molar-refractivity contribution in [1.82, 2.24) is 5.32 Å². The molecule has 1 aromatic carbocycles. The van der Waals surface area contributed by atoms with Crippen molar-refractivity contribution in [1.29, 1.82) is 0 Å². The van der Waals surface area contributed by atoms with Crippen molar-refractivity contribution >= 4 is 0 Å². The largest absolute Gasteiger partial charge is 0.385 e. The van der Waals surface area contributed by atoms with Gasteiger partial charge in [0.2, 0.25) is 0 Å². The van der Waals surface area contributed by atoms with E-state index in [0.29, 0.717) is 0 Å². The fourth-order valence-electron chi connectivity index (χ4n) is 1.64. The first kappa shape index (κ1) is 12.2. The summed E-state index contributed by atoms with van der Waals surface area (Å²) in [6, 6.07) is 8.60. The molecule has 0 radical (unpaired) electrons. The third-order valence-corrected chi connectivity index (χ3v) is 2.52.